The Kier molecular flexibility index (Phi) is 3.24. The minimum Gasteiger partial charge on any atom is -0.288 e. The van der Waals surface area contributed by atoms with Crippen molar-refractivity contribution in [1.29, 1.82) is 0 Å². The smallest absolute Gasteiger partial charge is 0.198 e. The van der Waals surface area contributed by atoms with Gasteiger partial charge in [0.2, 0.25) is 0 Å². The summed E-state index contributed by atoms with van der Waals surface area (Å²) in [5.41, 5.74) is 1.74. The van der Waals surface area contributed by atoms with E-state index in [1.54, 1.807) is 18.2 Å². The molecule has 0 saturated heterocycles. The molecule has 0 amide bonds. The van der Waals surface area contributed by atoms with Crippen molar-refractivity contribution in [1.82, 2.24) is 0 Å². The molecular weight excluding hydrogens is 234 g/mol. The van der Waals surface area contributed by atoms with E-state index in [-0.39, 0.29) is 0 Å². The standard InChI is InChI=1S/C15H12F2O/c1-9-6-7-11(8-10(9)2)15(18)14-12(16)4-3-5-13(14)17/h3-8H,1-2H3. The number of rotatable bonds is 2. The van der Waals surface area contributed by atoms with Gasteiger partial charge in [-0.15, -0.1) is 0 Å². The van der Waals surface area contributed by atoms with Crippen molar-refractivity contribution in [3.63, 3.8) is 0 Å². The van der Waals surface area contributed by atoms with Crippen LogP contribution >= 0.6 is 0 Å². The first kappa shape index (κ1) is 12.4. The fraction of sp³-hybridized carbons (Fsp3) is 0.133. The second-order valence-corrected chi connectivity index (χ2v) is 4.22. The molecule has 2 aromatic carbocycles. The van der Waals surface area contributed by atoms with Crippen molar-refractivity contribution in [2.45, 2.75) is 13.8 Å². The summed E-state index contributed by atoms with van der Waals surface area (Å²) in [6.45, 7) is 3.76. The first-order valence-electron chi connectivity index (χ1n) is 5.56. The van der Waals surface area contributed by atoms with Gasteiger partial charge >= 0.3 is 0 Å². The predicted octanol–water partition coefficient (Wildman–Crippen LogP) is 3.81. The van der Waals surface area contributed by atoms with Crippen molar-refractivity contribution in [2.75, 3.05) is 0 Å². The average molecular weight is 246 g/mol. The van der Waals surface area contributed by atoms with Crippen LogP contribution in [0, 0.1) is 25.5 Å². The number of hydrogen-bond donors (Lipinski definition) is 0. The maximum absolute atomic E-state index is 13.5. The highest BCUT2D eigenvalue weighted by Gasteiger charge is 2.18. The summed E-state index contributed by atoms with van der Waals surface area (Å²) in [6, 6.07) is 8.39. The number of carbonyl (C=O) groups excluding carboxylic acids is 1. The molecule has 0 radical (unpaired) electrons. The molecule has 0 aliphatic heterocycles. The lowest BCUT2D eigenvalue weighted by Gasteiger charge is -2.06. The third kappa shape index (κ3) is 2.16. The van der Waals surface area contributed by atoms with Gasteiger partial charge < -0.3 is 0 Å². The molecule has 0 heterocycles. The molecule has 0 atom stereocenters. The van der Waals surface area contributed by atoms with Gasteiger partial charge in [-0.2, -0.15) is 0 Å². The molecule has 0 aromatic heterocycles. The summed E-state index contributed by atoms with van der Waals surface area (Å²) in [7, 11) is 0. The highest BCUT2D eigenvalue weighted by atomic mass is 19.1. The fourth-order valence-corrected chi connectivity index (χ4v) is 1.74. The molecular formula is C15H12F2O. The minimum absolute atomic E-state index is 0.294. The monoisotopic (exact) mass is 246 g/mol. The molecule has 2 aromatic rings. The van der Waals surface area contributed by atoms with E-state index in [1.165, 1.54) is 6.07 Å². The Labute approximate surface area is 104 Å². The van der Waals surface area contributed by atoms with Crippen molar-refractivity contribution in [3.05, 3.63) is 70.3 Å². The lowest BCUT2D eigenvalue weighted by Crippen LogP contribution is -2.07. The maximum atomic E-state index is 13.5. The van der Waals surface area contributed by atoms with Gasteiger partial charge in [0.1, 0.15) is 11.6 Å². The van der Waals surface area contributed by atoms with Crippen LogP contribution in [0.2, 0.25) is 0 Å². The Morgan fingerprint density at radius 3 is 2.11 bits per heavy atom. The molecule has 18 heavy (non-hydrogen) atoms. The summed E-state index contributed by atoms with van der Waals surface area (Å²) in [6.07, 6.45) is 0. The van der Waals surface area contributed by atoms with Crippen molar-refractivity contribution in [3.8, 4) is 0 Å². The Morgan fingerprint density at radius 2 is 1.56 bits per heavy atom. The van der Waals surface area contributed by atoms with Gasteiger partial charge in [-0.05, 0) is 43.2 Å². The second kappa shape index (κ2) is 4.69. The first-order chi connectivity index (χ1) is 8.50. The first-order valence-corrected chi connectivity index (χ1v) is 5.56. The maximum Gasteiger partial charge on any atom is 0.198 e. The molecule has 0 fully saturated rings. The minimum atomic E-state index is -0.835. The molecule has 0 spiro atoms. The number of ketones is 1. The van der Waals surface area contributed by atoms with Gasteiger partial charge in [0.15, 0.2) is 5.78 Å². The topological polar surface area (TPSA) is 17.1 Å². The molecule has 1 nitrogen and oxygen atoms in total. The largest absolute Gasteiger partial charge is 0.288 e. The van der Waals surface area contributed by atoms with E-state index in [2.05, 4.69) is 0 Å². The van der Waals surface area contributed by atoms with Gasteiger partial charge in [-0.3, -0.25) is 4.79 Å². The predicted molar refractivity (Wildman–Crippen MR) is 65.7 cm³/mol. The van der Waals surface area contributed by atoms with Crippen LogP contribution in [-0.4, -0.2) is 5.78 Å². The van der Waals surface area contributed by atoms with Crippen molar-refractivity contribution >= 4 is 5.78 Å². The van der Waals surface area contributed by atoms with Crippen LogP contribution in [0.15, 0.2) is 36.4 Å². The van der Waals surface area contributed by atoms with Crippen LogP contribution in [-0.2, 0) is 0 Å². The van der Waals surface area contributed by atoms with Gasteiger partial charge in [0.25, 0.3) is 0 Å². The lowest BCUT2D eigenvalue weighted by molar-refractivity contribution is 0.103. The van der Waals surface area contributed by atoms with E-state index < -0.39 is 23.0 Å². The SMILES string of the molecule is Cc1ccc(C(=O)c2c(F)cccc2F)cc1C. The molecule has 3 heteroatoms. The van der Waals surface area contributed by atoms with E-state index in [0.717, 1.165) is 23.3 Å². The zero-order valence-electron chi connectivity index (χ0n) is 10.1. The highest BCUT2D eigenvalue weighted by molar-refractivity contribution is 6.09. The molecule has 92 valence electrons. The van der Waals surface area contributed by atoms with Gasteiger partial charge in [-0.25, -0.2) is 8.78 Å². The van der Waals surface area contributed by atoms with Crippen LogP contribution < -0.4 is 0 Å². The number of carbonyl (C=O) groups is 1. The Bertz CT molecular complexity index is 598. The second-order valence-electron chi connectivity index (χ2n) is 4.22. The summed E-state index contributed by atoms with van der Waals surface area (Å²) < 4.78 is 27.0. The van der Waals surface area contributed by atoms with Crippen molar-refractivity contribution < 1.29 is 13.6 Å². The molecule has 0 bridgehead atoms. The summed E-state index contributed by atoms with van der Waals surface area (Å²) in [5, 5.41) is 0. The van der Waals surface area contributed by atoms with E-state index in [0.29, 0.717) is 5.56 Å². The normalized spacial score (nSPS) is 10.4. The highest BCUT2D eigenvalue weighted by Crippen LogP contribution is 2.19. The zero-order chi connectivity index (χ0) is 13.3. The van der Waals surface area contributed by atoms with Crippen LogP contribution in [0.3, 0.4) is 0 Å². The summed E-state index contributed by atoms with van der Waals surface area (Å²) in [5.74, 6) is -2.30. The lowest BCUT2D eigenvalue weighted by atomic mass is 9.98. The summed E-state index contributed by atoms with van der Waals surface area (Å²) >= 11 is 0. The number of halogens is 2. The molecule has 0 unspecified atom stereocenters. The van der Waals surface area contributed by atoms with Crippen LogP contribution in [0.4, 0.5) is 8.78 Å². The van der Waals surface area contributed by atoms with Gasteiger partial charge in [0, 0.05) is 5.56 Å². The fourth-order valence-electron chi connectivity index (χ4n) is 1.74. The Morgan fingerprint density at radius 1 is 0.944 bits per heavy atom. The third-order valence-corrected chi connectivity index (χ3v) is 2.96. The van der Waals surface area contributed by atoms with Crippen LogP contribution in [0.5, 0.6) is 0 Å². The van der Waals surface area contributed by atoms with Gasteiger partial charge in [0.05, 0.1) is 5.56 Å². The average Bonchev–Trinajstić information content (AvgIpc) is 2.32. The van der Waals surface area contributed by atoms with Gasteiger partial charge in [-0.1, -0.05) is 18.2 Å². The molecule has 0 aliphatic rings. The molecule has 0 N–H and O–H groups in total. The quantitative estimate of drug-likeness (QED) is 0.736. The number of benzene rings is 2. The van der Waals surface area contributed by atoms with E-state index >= 15 is 0 Å². The van der Waals surface area contributed by atoms with E-state index in [1.807, 2.05) is 13.8 Å². The zero-order valence-corrected chi connectivity index (χ0v) is 10.1. The van der Waals surface area contributed by atoms with Crippen molar-refractivity contribution in [2.24, 2.45) is 0 Å². The Hall–Kier alpha value is -2.03. The van der Waals surface area contributed by atoms with Crippen LogP contribution in [0.25, 0.3) is 0 Å². The van der Waals surface area contributed by atoms with Crippen LogP contribution in [0.1, 0.15) is 27.0 Å². The Balaban J connectivity index is 2.51. The summed E-state index contributed by atoms with van der Waals surface area (Å²) in [4.78, 5) is 12.1. The third-order valence-electron chi connectivity index (χ3n) is 2.96. The van der Waals surface area contributed by atoms with E-state index in [9.17, 15) is 13.6 Å². The molecule has 0 aliphatic carbocycles. The molecule has 0 saturated carbocycles. The number of hydrogen-bond acceptors (Lipinski definition) is 1. The molecule has 2 rings (SSSR count). The number of aryl methyl sites for hydroxylation is 2. The van der Waals surface area contributed by atoms with E-state index in [4.69, 9.17) is 0 Å².